The van der Waals surface area contributed by atoms with Crippen LogP contribution < -0.4 is 10.7 Å². The predicted molar refractivity (Wildman–Crippen MR) is 91.3 cm³/mol. The summed E-state index contributed by atoms with van der Waals surface area (Å²) < 4.78 is 0. The first-order valence-electron chi connectivity index (χ1n) is 6.12. The van der Waals surface area contributed by atoms with Crippen molar-refractivity contribution in [2.75, 3.05) is 6.54 Å². The van der Waals surface area contributed by atoms with Crippen LogP contribution in [0.3, 0.4) is 0 Å². The first-order chi connectivity index (χ1) is 9.79. The van der Waals surface area contributed by atoms with Gasteiger partial charge in [0.15, 0.2) is 5.11 Å². The number of hydrogen-bond donors (Lipinski definition) is 2. The molecule has 0 aliphatic rings. The monoisotopic (exact) mass is 301 g/mol. The van der Waals surface area contributed by atoms with Crippen LogP contribution in [0, 0.1) is 0 Å². The molecule has 0 saturated carbocycles. The Hall–Kier alpha value is -1.98. The third-order valence-electron chi connectivity index (χ3n) is 2.45. The Labute approximate surface area is 128 Å². The van der Waals surface area contributed by atoms with Crippen LogP contribution in [-0.4, -0.2) is 17.9 Å². The molecule has 20 heavy (non-hydrogen) atoms. The maximum atomic E-state index is 5.04. The van der Waals surface area contributed by atoms with Crippen molar-refractivity contribution in [1.82, 2.24) is 10.7 Å². The topological polar surface area (TPSA) is 36.4 Å². The number of nitrogens with zero attached hydrogens (tertiary/aromatic N) is 1. The van der Waals surface area contributed by atoms with E-state index in [1.807, 2.05) is 24.3 Å². The number of benzene rings is 1. The molecular formula is C15H15N3S2. The van der Waals surface area contributed by atoms with Crippen molar-refractivity contribution in [2.45, 2.75) is 0 Å². The fraction of sp³-hybridized carbons (Fsp3) is 0.0667. The van der Waals surface area contributed by atoms with Gasteiger partial charge in [0.2, 0.25) is 0 Å². The first kappa shape index (κ1) is 14.4. The molecule has 1 aromatic carbocycles. The average molecular weight is 301 g/mol. The molecule has 0 amide bonds. The van der Waals surface area contributed by atoms with Crippen LogP contribution in [0.25, 0.3) is 10.4 Å². The van der Waals surface area contributed by atoms with E-state index >= 15 is 0 Å². The number of hydrogen-bond acceptors (Lipinski definition) is 3. The third kappa shape index (κ3) is 4.29. The summed E-state index contributed by atoms with van der Waals surface area (Å²) in [7, 11) is 0. The summed E-state index contributed by atoms with van der Waals surface area (Å²) in [6, 6.07) is 14.4. The average Bonchev–Trinajstić information content (AvgIpc) is 2.95. The molecule has 102 valence electrons. The smallest absolute Gasteiger partial charge is 0.187 e. The Kier molecular flexibility index (Phi) is 5.46. The quantitative estimate of drug-likeness (QED) is 0.385. The van der Waals surface area contributed by atoms with Crippen LogP contribution in [0.5, 0.6) is 0 Å². The van der Waals surface area contributed by atoms with Crippen molar-refractivity contribution < 1.29 is 0 Å². The minimum atomic E-state index is 0.487. The Morgan fingerprint density at radius 3 is 2.80 bits per heavy atom. The highest BCUT2D eigenvalue weighted by molar-refractivity contribution is 7.80. The standard InChI is InChI=1S/C15H15N3S2/c1-2-10-16-15(19)18-17-11-13-8-9-14(20-13)12-6-4-3-5-7-12/h2-9,11H,1,10H2,(H2,16,18,19)/b17-11-. The van der Waals surface area contributed by atoms with E-state index in [1.54, 1.807) is 23.6 Å². The Morgan fingerprint density at radius 2 is 2.05 bits per heavy atom. The lowest BCUT2D eigenvalue weighted by atomic mass is 10.2. The molecule has 0 fully saturated rings. The van der Waals surface area contributed by atoms with E-state index in [0.717, 1.165) is 4.88 Å². The molecule has 0 aliphatic heterocycles. The number of rotatable bonds is 5. The summed E-state index contributed by atoms with van der Waals surface area (Å²) in [5.41, 5.74) is 3.98. The van der Waals surface area contributed by atoms with Crippen LogP contribution in [-0.2, 0) is 0 Å². The van der Waals surface area contributed by atoms with Gasteiger partial charge in [-0.25, -0.2) is 0 Å². The Morgan fingerprint density at radius 1 is 1.25 bits per heavy atom. The maximum Gasteiger partial charge on any atom is 0.187 e. The second-order valence-electron chi connectivity index (χ2n) is 3.94. The maximum absolute atomic E-state index is 5.04. The van der Waals surface area contributed by atoms with E-state index in [2.05, 4.69) is 40.6 Å². The zero-order chi connectivity index (χ0) is 14.2. The van der Waals surface area contributed by atoms with Crippen LogP contribution in [0.2, 0.25) is 0 Å². The molecule has 2 N–H and O–H groups in total. The minimum absolute atomic E-state index is 0.487. The molecule has 0 saturated heterocycles. The second kappa shape index (κ2) is 7.57. The molecule has 3 nitrogen and oxygen atoms in total. The molecule has 2 rings (SSSR count). The van der Waals surface area contributed by atoms with Crippen molar-refractivity contribution in [1.29, 1.82) is 0 Å². The normalized spacial score (nSPS) is 10.4. The molecule has 0 bridgehead atoms. The van der Waals surface area contributed by atoms with Gasteiger partial charge in [-0.15, -0.1) is 17.9 Å². The summed E-state index contributed by atoms with van der Waals surface area (Å²) in [5, 5.41) is 7.53. The van der Waals surface area contributed by atoms with Gasteiger partial charge in [0.1, 0.15) is 0 Å². The molecule has 5 heteroatoms. The van der Waals surface area contributed by atoms with E-state index in [-0.39, 0.29) is 0 Å². The summed E-state index contributed by atoms with van der Waals surface area (Å²) in [5.74, 6) is 0. The zero-order valence-corrected chi connectivity index (χ0v) is 12.5. The van der Waals surface area contributed by atoms with Gasteiger partial charge in [0, 0.05) is 16.3 Å². The van der Waals surface area contributed by atoms with Crippen molar-refractivity contribution in [3.05, 3.63) is 60.0 Å². The lowest BCUT2D eigenvalue weighted by Crippen LogP contribution is -2.31. The number of nitrogens with one attached hydrogen (secondary N) is 2. The van der Waals surface area contributed by atoms with E-state index < -0.39 is 0 Å². The van der Waals surface area contributed by atoms with Crippen molar-refractivity contribution >= 4 is 34.9 Å². The predicted octanol–water partition coefficient (Wildman–Crippen LogP) is 3.40. The molecule has 0 atom stereocenters. The van der Waals surface area contributed by atoms with Gasteiger partial charge in [0.05, 0.1) is 6.21 Å². The highest BCUT2D eigenvalue weighted by Gasteiger charge is 2.00. The van der Waals surface area contributed by atoms with Crippen LogP contribution in [0.1, 0.15) is 4.88 Å². The van der Waals surface area contributed by atoms with Crippen LogP contribution >= 0.6 is 23.6 Å². The molecule has 0 unspecified atom stereocenters. The number of hydrazone groups is 1. The fourth-order valence-corrected chi connectivity index (χ4v) is 2.56. The van der Waals surface area contributed by atoms with Gasteiger partial charge in [-0.1, -0.05) is 36.4 Å². The number of thiocarbonyl (C=S) groups is 1. The van der Waals surface area contributed by atoms with Crippen LogP contribution in [0.15, 0.2) is 60.2 Å². The summed E-state index contributed by atoms with van der Waals surface area (Å²) in [4.78, 5) is 2.29. The van der Waals surface area contributed by atoms with Gasteiger partial charge >= 0.3 is 0 Å². The molecule has 0 spiro atoms. The highest BCUT2D eigenvalue weighted by atomic mass is 32.1. The van der Waals surface area contributed by atoms with Gasteiger partial charge in [-0.2, -0.15) is 5.10 Å². The lowest BCUT2D eigenvalue weighted by Gasteiger charge is -2.02. The van der Waals surface area contributed by atoms with Crippen molar-refractivity contribution in [3.8, 4) is 10.4 Å². The van der Waals surface area contributed by atoms with Crippen LogP contribution in [0.4, 0.5) is 0 Å². The molecular weight excluding hydrogens is 286 g/mol. The largest absolute Gasteiger partial charge is 0.358 e. The van der Waals surface area contributed by atoms with E-state index in [0.29, 0.717) is 11.7 Å². The molecule has 0 aliphatic carbocycles. The van der Waals surface area contributed by atoms with Gasteiger partial charge in [-0.05, 0) is 29.9 Å². The van der Waals surface area contributed by atoms with Gasteiger partial charge in [-0.3, -0.25) is 5.43 Å². The SMILES string of the molecule is C=CCNC(=S)N/N=C\c1ccc(-c2ccccc2)s1. The molecule has 2 aromatic rings. The summed E-state index contributed by atoms with van der Waals surface area (Å²) >= 11 is 6.72. The summed E-state index contributed by atoms with van der Waals surface area (Å²) in [6.45, 7) is 4.23. The van der Waals surface area contributed by atoms with E-state index in [4.69, 9.17) is 12.2 Å². The highest BCUT2D eigenvalue weighted by Crippen LogP contribution is 2.26. The Bertz CT molecular complexity index is 603. The van der Waals surface area contributed by atoms with Crippen molar-refractivity contribution in [2.24, 2.45) is 5.10 Å². The fourth-order valence-electron chi connectivity index (χ4n) is 1.54. The molecule has 0 radical (unpaired) electrons. The molecule has 1 aromatic heterocycles. The van der Waals surface area contributed by atoms with E-state index in [9.17, 15) is 0 Å². The van der Waals surface area contributed by atoms with Gasteiger partial charge < -0.3 is 5.32 Å². The van der Waals surface area contributed by atoms with E-state index in [1.165, 1.54) is 10.4 Å². The first-order valence-corrected chi connectivity index (χ1v) is 7.35. The van der Waals surface area contributed by atoms with Gasteiger partial charge in [0.25, 0.3) is 0 Å². The third-order valence-corrected chi connectivity index (χ3v) is 3.75. The second-order valence-corrected chi connectivity index (χ2v) is 5.46. The Balaban J connectivity index is 1.93. The minimum Gasteiger partial charge on any atom is -0.358 e. The number of thiophene rings is 1. The van der Waals surface area contributed by atoms with Crippen molar-refractivity contribution in [3.63, 3.8) is 0 Å². The molecule has 1 heterocycles. The zero-order valence-electron chi connectivity index (χ0n) is 10.9. The summed E-state index contributed by atoms with van der Waals surface area (Å²) in [6.07, 6.45) is 3.50. The lowest BCUT2D eigenvalue weighted by molar-refractivity contribution is 0.942.